The summed E-state index contributed by atoms with van der Waals surface area (Å²) in [6, 6.07) is 13.9. The van der Waals surface area contributed by atoms with Gasteiger partial charge in [0.05, 0.1) is 12.7 Å². The summed E-state index contributed by atoms with van der Waals surface area (Å²) in [6.07, 6.45) is 1.29. The van der Waals surface area contributed by atoms with Gasteiger partial charge in [-0.3, -0.25) is 4.79 Å². The molecule has 0 aromatic heterocycles. The first-order chi connectivity index (χ1) is 14.2. The molecule has 0 radical (unpaired) electrons. The third-order valence-corrected chi connectivity index (χ3v) is 5.30. The number of benzene rings is 2. The summed E-state index contributed by atoms with van der Waals surface area (Å²) >= 11 is 5.98. The summed E-state index contributed by atoms with van der Waals surface area (Å²) in [4.78, 5) is 12.3. The van der Waals surface area contributed by atoms with Gasteiger partial charge in [0.25, 0.3) is 6.92 Å². The quantitative estimate of drug-likeness (QED) is 0.428. The molecule has 0 aliphatic rings. The Labute approximate surface area is 182 Å². The first-order valence-corrected chi connectivity index (χ1v) is 10.4. The van der Waals surface area contributed by atoms with Gasteiger partial charge in [-0.1, -0.05) is 42.7 Å². The zero-order chi connectivity index (χ0) is 22.3. The highest BCUT2D eigenvalue weighted by Crippen LogP contribution is 2.33. The minimum absolute atomic E-state index is 0.104. The van der Waals surface area contributed by atoms with Gasteiger partial charge in [-0.15, -0.1) is 0 Å². The fraction of sp³-hybridized carbons (Fsp3) is 0.391. The Hall–Kier alpha value is -2.36. The molecule has 0 aliphatic heterocycles. The predicted octanol–water partition coefficient (Wildman–Crippen LogP) is 5.40. The standard InChI is InChI=1S/C23H26BClFNO3/c1-4-30-22(28)23(2,15-27)13-17(14-24(3)29)11-16-5-7-18(8-6-16)20-12-19(25)9-10-21(20)26/h5-10,12,17,29H,4,11,13-14H2,1-3H3/t17-,23?/m1/s1. The average Bonchev–Trinajstić information content (AvgIpc) is 2.70. The Morgan fingerprint density at radius 2 is 2.00 bits per heavy atom. The predicted molar refractivity (Wildman–Crippen MR) is 118 cm³/mol. The molecule has 0 bridgehead atoms. The molecule has 0 aliphatic carbocycles. The summed E-state index contributed by atoms with van der Waals surface area (Å²) < 4.78 is 19.2. The van der Waals surface area contributed by atoms with Crippen molar-refractivity contribution in [3.8, 4) is 17.2 Å². The van der Waals surface area contributed by atoms with Crippen molar-refractivity contribution >= 4 is 24.5 Å². The number of halogens is 2. The fourth-order valence-electron chi connectivity index (χ4n) is 3.64. The molecule has 4 nitrogen and oxygen atoms in total. The van der Waals surface area contributed by atoms with Crippen molar-refractivity contribution in [2.24, 2.45) is 11.3 Å². The number of hydrogen-bond donors (Lipinski definition) is 1. The molecule has 2 aromatic carbocycles. The average molecular weight is 430 g/mol. The maximum absolute atomic E-state index is 14.1. The molecular formula is C23H26BClFNO3. The molecule has 2 atom stereocenters. The second-order valence-corrected chi connectivity index (χ2v) is 8.28. The van der Waals surface area contributed by atoms with Crippen LogP contribution in [0.15, 0.2) is 42.5 Å². The fourth-order valence-corrected chi connectivity index (χ4v) is 3.81. The molecule has 1 N–H and O–H groups in total. The summed E-state index contributed by atoms with van der Waals surface area (Å²) in [5.74, 6) is -0.999. The number of nitriles is 1. The molecule has 158 valence electrons. The zero-order valence-corrected chi connectivity index (χ0v) is 18.2. The molecule has 0 saturated carbocycles. The van der Waals surface area contributed by atoms with E-state index in [0.717, 1.165) is 5.56 Å². The molecule has 7 heteroatoms. The van der Waals surface area contributed by atoms with E-state index in [9.17, 15) is 19.5 Å². The number of hydrogen-bond acceptors (Lipinski definition) is 4. The van der Waals surface area contributed by atoms with Gasteiger partial charge in [0, 0.05) is 10.6 Å². The number of carbonyl (C=O) groups excluding carboxylic acids is 1. The van der Waals surface area contributed by atoms with Crippen LogP contribution in [0.5, 0.6) is 0 Å². The maximum Gasteiger partial charge on any atom is 0.326 e. The monoisotopic (exact) mass is 429 g/mol. The highest BCUT2D eigenvalue weighted by atomic mass is 35.5. The van der Waals surface area contributed by atoms with Crippen LogP contribution in [0.2, 0.25) is 18.2 Å². The van der Waals surface area contributed by atoms with E-state index >= 15 is 0 Å². The molecule has 2 aromatic rings. The summed E-state index contributed by atoms with van der Waals surface area (Å²) in [6.45, 7) is 4.60. The smallest absolute Gasteiger partial charge is 0.326 e. The Kier molecular flexibility index (Phi) is 8.46. The minimum Gasteiger partial charge on any atom is -0.465 e. The lowest BCUT2D eigenvalue weighted by molar-refractivity contribution is -0.151. The lowest BCUT2D eigenvalue weighted by Crippen LogP contribution is -2.32. The molecule has 0 heterocycles. The molecular weight excluding hydrogens is 404 g/mol. The third-order valence-electron chi connectivity index (χ3n) is 5.06. The van der Waals surface area contributed by atoms with Crippen LogP contribution >= 0.6 is 11.6 Å². The maximum atomic E-state index is 14.1. The van der Waals surface area contributed by atoms with Gasteiger partial charge < -0.3 is 9.76 Å². The summed E-state index contributed by atoms with van der Waals surface area (Å²) in [7, 11) is 0. The van der Waals surface area contributed by atoms with Crippen molar-refractivity contribution in [1.29, 1.82) is 5.26 Å². The Morgan fingerprint density at radius 3 is 2.57 bits per heavy atom. The van der Waals surface area contributed by atoms with Gasteiger partial charge in [-0.05, 0) is 68.3 Å². The normalized spacial score (nSPS) is 13.8. The van der Waals surface area contributed by atoms with Gasteiger partial charge in [0.2, 0.25) is 0 Å². The van der Waals surface area contributed by atoms with Crippen molar-refractivity contribution in [2.45, 2.75) is 39.8 Å². The summed E-state index contributed by atoms with van der Waals surface area (Å²) in [5, 5.41) is 20.0. The first kappa shape index (κ1) is 23.9. The molecule has 0 amide bonds. The third kappa shape index (κ3) is 6.32. The zero-order valence-electron chi connectivity index (χ0n) is 17.5. The van der Waals surface area contributed by atoms with E-state index in [4.69, 9.17) is 16.3 Å². The topological polar surface area (TPSA) is 70.3 Å². The number of rotatable bonds is 9. The van der Waals surface area contributed by atoms with Crippen molar-refractivity contribution in [3.05, 3.63) is 58.9 Å². The summed E-state index contributed by atoms with van der Waals surface area (Å²) in [5.41, 5.74) is 0.823. The van der Waals surface area contributed by atoms with E-state index in [-0.39, 0.29) is 24.8 Å². The van der Waals surface area contributed by atoms with E-state index in [1.54, 1.807) is 26.7 Å². The van der Waals surface area contributed by atoms with Crippen LogP contribution in [0.4, 0.5) is 4.39 Å². The molecule has 0 fully saturated rings. The van der Waals surface area contributed by atoms with Crippen molar-refractivity contribution in [2.75, 3.05) is 6.61 Å². The second-order valence-electron chi connectivity index (χ2n) is 7.84. The van der Waals surface area contributed by atoms with Crippen LogP contribution in [0.3, 0.4) is 0 Å². The Bertz CT molecular complexity index is 914. The van der Waals surface area contributed by atoms with Crippen LogP contribution in [-0.2, 0) is 16.0 Å². The first-order valence-electron chi connectivity index (χ1n) is 9.99. The van der Waals surface area contributed by atoms with Crippen LogP contribution in [-0.4, -0.2) is 24.5 Å². The van der Waals surface area contributed by atoms with Crippen molar-refractivity contribution in [1.82, 2.24) is 0 Å². The van der Waals surface area contributed by atoms with E-state index in [1.165, 1.54) is 12.1 Å². The van der Waals surface area contributed by atoms with Gasteiger partial charge in [0.1, 0.15) is 5.82 Å². The molecule has 30 heavy (non-hydrogen) atoms. The van der Waals surface area contributed by atoms with Gasteiger partial charge in [-0.25, -0.2) is 4.39 Å². The molecule has 0 saturated heterocycles. The van der Waals surface area contributed by atoms with Crippen molar-refractivity contribution in [3.63, 3.8) is 0 Å². The largest absolute Gasteiger partial charge is 0.465 e. The SMILES string of the molecule is CCOC(=O)C(C)(C#N)C[C@H](CB(C)O)Cc1ccc(-c2cc(Cl)ccc2F)cc1. The lowest BCUT2D eigenvalue weighted by atomic mass is 9.60. The van der Waals surface area contributed by atoms with Crippen molar-refractivity contribution < 1.29 is 18.9 Å². The second kappa shape index (κ2) is 10.6. The van der Waals surface area contributed by atoms with Crippen LogP contribution in [0.1, 0.15) is 25.8 Å². The van der Waals surface area contributed by atoms with Gasteiger partial charge in [0.15, 0.2) is 5.41 Å². The highest BCUT2D eigenvalue weighted by molar-refractivity contribution is 6.48. The van der Waals surface area contributed by atoms with E-state index in [1.807, 2.05) is 24.3 Å². The highest BCUT2D eigenvalue weighted by Gasteiger charge is 2.38. The van der Waals surface area contributed by atoms with Gasteiger partial charge >= 0.3 is 5.97 Å². The number of esters is 1. The molecule has 0 spiro atoms. The van der Waals surface area contributed by atoms with Crippen LogP contribution < -0.4 is 0 Å². The van der Waals surface area contributed by atoms with E-state index in [2.05, 4.69) is 6.07 Å². The Morgan fingerprint density at radius 1 is 1.33 bits per heavy atom. The molecule has 2 rings (SSSR count). The Balaban J connectivity index is 2.21. The number of ether oxygens (including phenoxy) is 1. The molecule has 1 unspecified atom stereocenters. The van der Waals surface area contributed by atoms with E-state index in [0.29, 0.717) is 28.9 Å². The van der Waals surface area contributed by atoms with E-state index < -0.39 is 18.3 Å². The minimum atomic E-state index is -1.28. The van der Waals surface area contributed by atoms with Gasteiger partial charge in [-0.2, -0.15) is 5.26 Å². The lowest BCUT2D eigenvalue weighted by Gasteiger charge is -2.26. The number of carbonyl (C=O) groups is 1. The van der Waals surface area contributed by atoms with Crippen LogP contribution in [0.25, 0.3) is 11.1 Å². The number of nitrogens with zero attached hydrogens (tertiary/aromatic N) is 1. The van der Waals surface area contributed by atoms with Crippen LogP contribution in [0, 0.1) is 28.5 Å².